The molecule has 0 heterocycles. The second-order valence-corrected chi connectivity index (χ2v) is 7.56. The van der Waals surface area contributed by atoms with Crippen LogP contribution < -0.4 is 20.7 Å². The first-order valence-electron chi connectivity index (χ1n) is 8.98. The van der Waals surface area contributed by atoms with Crippen LogP contribution in [0, 0.1) is 5.82 Å². The number of amides is 2. The topological polar surface area (TPSA) is 79.5 Å². The van der Waals surface area contributed by atoms with Crippen molar-refractivity contribution >= 4 is 56.4 Å². The van der Waals surface area contributed by atoms with E-state index in [0.717, 1.165) is 0 Å². The largest absolute Gasteiger partial charge is 0.496 e. The zero-order valence-corrected chi connectivity index (χ0v) is 18.6. The molecule has 31 heavy (non-hydrogen) atoms. The van der Waals surface area contributed by atoms with Crippen molar-refractivity contribution in [3.63, 3.8) is 0 Å². The van der Waals surface area contributed by atoms with Crippen LogP contribution in [0.4, 0.5) is 15.8 Å². The molecule has 0 aliphatic rings. The van der Waals surface area contributed by atoms with Gasteiger partial charge in [0.05, 0.1) is 11.6 Å². The Morgan fingerprint density at radius 1 is 0.903 bits per heavy atom. The molecule has 0 unspecified atom stereocenters. The summed E-state index contributed by atoms with van der Waals surface area (Å²) < 4.78 is 18.8. The van der Waals surface area contributed by atoms with Crippen LogP contribution in [-0.2, 0) is 0 Å². The first-order valence-corrected chi connectivity index (χ1v) is 10.2. The summed E-state index contributed by atoms with van der Waals surface area (Å²) in [6.07, 6.45) is 0. The van der Waals surface area contributed by atoms with Crippen molar-refractivity contribution in [1.29, 1.82) is 0 Å². The first-order chi connectivity index (χ1) is 14.9. The number of halogens is 2. The van der Waals surface area contributed by atoms with Gasteiger partial charge in [-0.15, -0.1) is 0 Å². The molecule has 0 saturated heterocycles. The maximum atomic E-state index is 13.0. The summed E-state index contributed by atoms with van der Waals surface area (Å²) in [7, 11) is 1.53. The summed E-state index contributed by atoms with van der Waals surface area (Å²) >= 11 is 8.54. The fourth-order valence-corrected chi connectivity index (χ4v) is 3.37. The van der Waals surface area contributed by atoms with Crippen LogP contribution in [-0.4, -0.2) is 24.0 Å². The molecule has 3 rings (SSSR count). The maximum absolute atomic E-state index is 13.0. The number of carbonyl (C=O) groups is 2. The fraction of sp³-hybridized carbons (Fsp3) is 0.0455. The molecular formula is C22H17BrFN3O3S. The quantitative estimate of drug-likeness (QED) is 0.430. The number of methoxy groups -OCH3 is 1. The molecule has 0 saturated carbocycles. The molecule has 3 aromatic carbocycles. The standard InChI is InChI=1S/C22H17BrFN3O3S/c1-30-19-10-5-14(12-18(19)23)21(29)27-22(31)26-17-4-2-3-13(11-17)20(28)25-16-8-6-15(24)7-9-16/h2-12H,1H3,(H,25,28)(H2,26,27,29,31). The van der Waals surface area contributed by atoms with Crippen LogP contribution in [0.15, 0.2) is 71.2 Å². The molecule has 0 aliphatic heterocycles. The van der Waals surface area contributed by atoms with Crippen molar-refractivity contribution < 1.29 is 18.7 Å². The molecule has 158 valence electrons. The molecule has 0 aromatic heterocycles. The van der Waals surface area contributed by atoms with Gasteiger partial charge in [-0.3, -0.25) is 14.9 Å². The normalized spacial score (nSPS) is 10.2. The van der Waals surface area contributed by atoms with Gasteiger partial charge in [-0.2, -0.15) is 0 Å². The van der Waals surface area contributed by atoms with Crippen LogP contribution in [0.1, 0.15) is 20.7 Å². The minimum absolute atomic E-state index is 0.0769. The summed E-state index contributed by atoms with van der Waals surface area (Å²) in [4.78, 5) is 24.8. The Bertz CT molecular complexity index is 1140. The predicted molar refractivity (Wildman–Crippen MR) is 125 cm³/mol. The molecule has 3 aromatic rings. The van der Waals surface area contributed by atoms with Crippen molar-refractivity contribution in [3.05, 3.63) is 88.1 Å². The summed E-state index contributed by atoms with van der Waals surface area (Å²) in [5, 5.41) is 8.23. The lowest BCUT2D eigenvalue weighted by Gasteiger charge is -2.12. The van der Waals surface area contributed by atoms with E-state index in [0.29, 0.717) is 32.7 Å². The highest BCUT2D eigenvalue weighted by Gasteiger charge is 2.12. The Hall–Kier alpha value is -3.30. The van der Waals surface area contributed by atoms with Crippen LogP contribution in [0.3, 0.4) is 0 Å². The number of hydrogen-bond donors (Lipinski definition) is 3. The predicted octanol–water partition coefficient (Wildman–Crippen LogP) is 4.98. The zero-order chi connectivity index (χ0) is 22.4. The van der Waals surface area contributed by atoms with Crippen LogP contribution in [0.25, 0.3) is 0 Å². The van der Waals surface area contributed by atoms with Crippen LogP contribution in [0.5, 0.6) is 5.75 Å². The fourth-order valence-electron chi connectivity index (χ4n) is 2.62. The zero-order valence-electron chi connectivity index (χ0n) is 16.2. The Kier molecular flexibility index (Phi) is 7.32. The molecule has 6 nitrogen and oxygen atoms in total. The minimum atomic E-state index is -0.397. The summed E-state index contributed by atoms with van der Waals surface area (Å²) in [5.41, 5.74) is 1.75. The van der Waals surface area contributed by atoms with E-state index in [9.17, 15) is 14.0 Å². The minimum Gasteiger partial charge on any atom is -0.496 e. The van der Waals surface area contributed by atoms with Crippen molar-refractivity contribution in [2.75, 3.05) is 17.7 Å². The smallest absolute Gasteiger partial charge is 0.257 e. The number of rotatable bonds is 5. The Morgan fingerprint density at radius 3 is 2.29 bits per heavy atom. The van der Waals surface area contributed by atoms with Gasteiger partial charge in [0.15, 0.2) is 5.11 Å². The van der Waals surface area contributed by atoms with Crippen molar-refractivity contribution in [1.82, 2.24) is 5.32 Å². The van der Waals surface area contributed by atoms with Crippen LogP contribution >= 0.6 is 28.1 Å². The van der Waals surface area contributed by atoms with Crippen LogP contribution in [0.2, 0.25) is 0 Å². The van der Waals surface area contributed by atoms with E-state index in [4.69, 9.17) is 17.0 Å². The van der Waals surface area contributed by atoms with E-state index >= 15 is 0 Å². The summed E-state index contributed by atoms with van der Waals surface area (Å²) in [5.74, 6) is -0.547. The highest BCUT2D eigenvalue weighted by atomic mass is 79.9. The number of carbonyl (C=O) groups excluding carboxylic acids is 2. The molecule has 3 N–H and O–H groups in total. The molecule has 0 bridgehead atoms. The molecule has 0 spiro atoms. The number of benzene rings is 3. The highest BCUT2D eigenvalue weighted by Crippen LogP contribution is 2.25. The van der Waals surface area contributed by atoms with E-state index in [1.54, 1.807) is 42.5 Å². The second kappa shape index (κ2) is 10.1. The third-order valence-corrected chi connectivity index (χ3v) is 4.95. The van der Waals surface area contributed by atoms with E-state index in [1.165, 1.54) is 31.4 Å². The van der Waals surface area contributed by atoms with Gasteiger partial charge in [0.2, 0.25) is 0 Å². The summed E-state index contributed by atoms with van der Waals surface area (Å²) in [6, 6.07) is 16.9. The first kappa shape index (κ1) is 22.4. The Labute approximate surface area is 191 Å². The maximum Gasteiger partial charge on any atom is 0.257 e. The third-order valence-electron chi connectivity index (χ3n) is 4.13. The van der Waals surface area contributed by atoms with Gasteiger partial charge >= 0.3 is 0 Å². The van der Waals surface area contributed by atoms with Gasteiger partial charge < -0.3 is 15.4 Å². The lowest BCUT2D eigenvalue weighted by Crippen LogP contribution is -2.34. The number of hydrogen-bond acceptors (Lipinski definition) is 4. The average molecular weight is 502 g/mol. The molecule has 2 amide bonds. The van der Waals surface area contributed by atoms with Gasteiger partial charge in [0, 0.05) is 22.5 Å². The highest BCUT2D eigenvalue weighted by molar-refractivity contribution is 9.10. The number of thiocarbonyl (C=S) groups is 1. The lowest BCUT2D eigenvalue weighted by atomic mass is 10.2. The van der Waals surface area contributed by atoms with Gasteiger partial charge in [0.25, 0.3) is 11.8 Å². The van der Waals surface area contributed by atoms with E-state index < -0.39 is 5.91 Å². The number of nitrogens with one attached hydrogen (secondary N) is 3. The molecule has 0 radical (unpaired) electrons. The van der Waals surface area contributed by atoms with E-state index in [-0.39, 0.29) is 16.8 Å². The van der Waals surface area contributed by atoms with Gasteiger partial charge in [-0.25, -0.2) is 4.39 Å². The number of ether oxygens (including phenoxy) is 1. The van der Waals surface area contributed by atoms with Crippen molar-refractivity contribution in [2.45, 2.75) is 0 Å². The molecule has 0 fully saturated rings. The lowest BCUT2D eigenvalue weighted by molar-refractivity contribution is 0.0976. The van der Waals surface area contributed by atoms with E-state index in [2.05, 4.69) is 31.9 Å². The molecule has 0 aliphatic carbocycles. The Balaban J connectivity index is 1.62. The molecular weight excluding hydrogens is 485 g/mol. The Morgan fingerprint density at radius 2 is 1.61 bits per heavy atom. The average Bonchev–Trinajstić information content (AvgIpc) is 2.75. The molecule has 0 atom stereocenters. The van der Waals surface area contributed by atoms with Gasteiger partial charge in [-0.05, 0) is 88.8 Å². The second-order valence-electron chi connectivity index (χ2n) is 6.30. The third kappa shape index (κ3) is 6.09. The van der Waals surface area contributed by atoms with Crippen molar-refractivity contribution in [2.24, 2.45) is 0 Å². The van der Waals surface area contributed by atoms with E-state index in [1.807, 2.05) is 0 Å². The van der Waals surface area contributed by atoms with Gasteiger partial charge in [-0.1, -0.05) is 6.07 Å². The van der Waals surface area contributed by atoms with Crippen molar-refractivity contribution in [3.8, 4) is 5.75 Å². The number of anilines is 2. The summed E-state index contributed by atoms with van der Waals surface area (Å²) in [6.45, 7) is 0. The van der Waals surface area contributed by atoms with Gasteiger partial charge in [0.1, 0.15) is 11.6 Å². The monoisotopic (exact) mass is 501 g/mol. The molecule has 9 heteroatoms. The SMILES string of the molecule is COc1ccc(C(=O)NC(=S)Nc2cccc(C(=O)Nc3ccc(F)cc3)c2)cc1Br.